The minimum absolute atomic E-state index is 0.110. The summed E-state index contributed by atoms with van der Waals surface area (Å²) in [5, 5.41) is 7.36. The van der Waals surface area contributed by atoms with Gasteiger partial charge in [0.1, 0.15) is 0 Å². The van der Waals surface area contributed by atoms with Gasteiger partial charge in [0.05, 0.1) is 6.04 Å². The summed E-state index contributed by atoms with van der Waals surface area (Å²) in [4.78, 5) is 14.9. The maximum Gasteiger partial charge on any atom is 0.237 e. The number of benzene rings is 2. The van der Waals surface area contributed by atoms with E-state index in [1.807, 2.05) is 37.3 Å². The summed E-state index contributed by atoms with van der Waals surface area (Å²) < 4.78 is 0. The number of likely N-dealkylation sites (tertiary alicyclic amines) is 1. The van der Waals surface area contributed by atoms with Crippen molar-refractivity contribution in [3.05, 3.63) is 76.3 Å². The van der Waals surface area contributed by atoms with Gasteiger partial charge in [0.2, 0.25) is 5.91 Å². The van der Waals surface area contributed by atoms with Gasteiger partial charge in [-0.15, -0.1) is 0 Å². The van der Waals surface area contributed by atoms with Crippen molar-refractivity contribution in [3.8, 4) is 0 Å². The van der Waals surface area contributed by atoms with Crippen LogP contribution < -0.4 is 10.6 Å². The van der Waals surface area contributed by atoms with Crippen LogP contribution in [0.25, 0.3) is 6.08 Å². The molecule has 2 aromatic rings. The summed E-state index contributed by atoms with van der Waals surface area (Å²) >= 11 is 6.01. The third-order valence-corrected chi connectivity index (χ3v) is 5.49. The fraction of sp³-hybridized carbons (Fsp3) is 0.375. The molecule has 1 amide bonds. The van der Waals surface area contributed by atoms with E-state index >= 15 is 0 Å². The Morgan fingerprint density at radius 1 is 1.17 bits per heavy atom. The van der Waals surface area contributed by atoms with E-state index < -0.39 is 0 Å². The number of nitrogens with zero attached hydrogens (tertiary/aromatic N) is 1. The first-order valence-electron chi connectivity index (χ1n) is 10.3. The van der Waals surface area contributed by atoms with Crippen LogP contribution in [0.2, 0.25) is 5.02 Å². The Morgan fingerprint density at radius 2 is 1.90 bits per heavy atom. The zero-order valence-electron chi connectivity index (χ0n) is 17.2. The number of likely N-dealkylation sites (N-methyl/N-ethyl adjacent to an activating group) is 1. The van der Waals surface area contributed by atoms with E-state index in [1.165, 1.54) is 16.7 Å². The maximum absolute atomic E-state index is 12.6. The van der Waals surface area contributed by atoms with E-state index in [2.05, 4.69) is 52.8 Å². The molecule has 0 saturated carbocycles. The van der Waals surface area contributed by atoms with Gasteiger partial charge in [-0.2, -0.15) is 0 Å². The molecule has 1 aliphatic rings. The van der Waals surface area contributed by atoms with Gasteiger partial charge >= 0.3 is 0 Å². The molecular formula is C24H30ClN3O. The predicted molar refractivity (Wildman–Crippen MR) is 121 cm³/mol. The fourth-order valence-electron chi connectivity index (χ4n) is 3.81. The molecule has 1 aliphatic heterocycles. The van der Waals surface area contributed by atoms with Crippen molar-refractivity contribution >= 4 is 23.6 Å². The van der Waals surface area contributed by atoms with Gasteiger partial charge in [0, 0.05) is 37.2 Å². The van der Waals surface area contributed by atoms with Crippen molar-refractivity contribution < 1.29 is 4.79 Å². The first kappa shape index (κ1) is 21.6. The van der Waals surface area contributed by atoms with Gasteiger partial charge in [-0.1, -0.05) is 65.7 Å². The van der Waals surface area contributed by atoms with Crippen molar-refractivity contribution in [1.29, 1.82) is 0 Å². The maximum atomic E-state index is 12.6. The average molecular weight is 412 g/mol. The highest BCUT2D eigenvalue weighted by atomic mass is 35.5. The van der Waals surface area contributed by atoms with E-state index in [9.17, 15) is 4.79 Å². The third-order valence-electron chi connectivity index (χ3n) is 5.24. The second-order valence-corrected chi connectivity index (χ2v) is 8.12. The molecule has 1 fully saturated rings. The van der Waals surface area contributed by atoms with Gasteiger partial charge in [-0.05, 0) is 43.5 Å². The van der Waals surface area contributed by atoms with Gasteiger partial charge < -0.3 is 10.6 Å². The normalized spacial score (nSPS) is 20.0. The molecule has 2 aromatic carbocycles. The summed E-state index contributed by atoms with van der Waals surface area (Å²) in [5.74, 6) is 0.113. The average Bonchev–Trinajstić information content (AvgIpc) is 3.12. The van der Waals surface area contributed by atoms with Crippen LogP contribution in [0.5, 0.6) is 0 Å². The number of rotatable bonds is 8. The predicted octanol–water partition coefficient (Wildman–Crippen LogP) is 4.11. The summed E-state index contributed by atoms with van der Waals surface area (Å²) in [6.45, 7) is 7.17. The third kappa shape index (κ3) is 6.43. The highest BCUT2D eigenvalue weighted by Crippen LogP contribution is 2.22. The number of halogens is 1. The van der Waals surface area contributed by atoms with Crippen LogP contribution in [-0.2, 0) is 11.3 Å². The molecule has 2 atom stereocenters. The minimum atomic E-state index is -0.110. The Bertz CT molecular complexity index is 820. The number of hydrogen-bond donors (Lipinski definition) is 2. The monoisotopic (exact) mass is 411 g/mol. The summed E-state index contributed by atoms with van der Waals surface area (Å²) in [6.07, 6.45) is 3.02. The molecule has 29 heavy (non-hydrogen) atoms. The molecule has 2 N–H and O–H groups in total. The van der Waals surface area contributed by atoms with Crippen molar-refractivity contribution in [3.63, 3.8) is 0 Å². The van der Waals surface area contributed by atoms with E-state index in [4.69, 9.17) is 11.6 Å². The summed E-state index contributed by atoms with van der Waals surface area (Å²) in [7, 11) is 0. The highest BCUT2D eigenvalue weighted by Gasteiger charge is 2.36. The van der Waals surface area contributed by atoms with Crippen LogP contribution in [0.3, 0.4) is 0 Å². The van der Waals surface area contributed by atoms with Gasteiger partial charge in [-0.25, -0.2) is 0 Å². The standard InChI is InChI=1S/C24H30ClN3O/c1-3-26-24(29)23-14-22(17-28(23)16-20-9-11-21(25)12-10-20)27-15-18(2)13-19-7-5-4-6-8-19/h4-13,22-23,27H,3,14-17H2,1-2H3,(H,26,29)/b18-13+/t22-,23-/m0/s1. The molecule has 0 bridgehead atoms. The Kier molecular flexibility index (Phi) is 7.87. The first-order valence-corrected chi connectivity index (χ1v) is 10.6. The quantitative estimate of drug-likeness (QED) is 0.687. The Balaban J connectivity index is 1.62. The van der Waals surface area contributed by atoms with Gasteiger partial charge in [0.25, 0.3) is 0 Å². The van der Waals surface area contributed by atoms with Crippen molar-refractivity contribution in [2.24, 2.45) is 0 Å². The molecule has 4 nitrogen and oxygen atoms in total. The van der Waals surface area contributed by atoms with E-state index in [-0.39, 0.29) is 18.0 Å². The Hall–Kier alpha value is -2.14. The van der Waals surface area contributed by atoms with Crippen LogP contribution >= 0.6 is 11.6 Å². The van der Waals surface area contributed by atoms with Crippen molar-refractivity contribution in [1.82, 2.24) is 15.5 Å². The topological polar surface area (TPSA) is 44.4 Å². The largest absolute Gasteiger partial charge is 0.355 e. The lowest BCUT2D eigenvalue weighted by molar-refractivity contribution is -0.125. The van der Waals surface area contributed by atoms with Crippen LogP contribution in [0, 0.1) is 0 Å². The number of amides is 1. The van der Waals surface area contributed by atoms with Crippen LogP contribution in [0.15, 0.2) is 60.2 Å². The van der Waals surface area contributed by atoms with E-state index in [0.29, 0.717) is 6.54 Å². The summed E-state index contributed by atoms with van der Waals surface area (Å²) in [6, 6.07) is 18.4. The smallest absolute Gasteiger partial charge is 0.237 e. The number of carbonyl (C=O) groups is 1. The van der Waals surface area contributed by atoms with Gasteiger partial charge in [-0.3, -0.25) is 9.69 Å². The molecule has 1 saturated heterocycles. The first-order chi connectivity index (χ1) is 14.0. The second-order valence-electron chi connectivity index (χ2n) is 7.68. The molecular weight excluding hydrogens is 382 g/mol. The molecule has 0 aliphatic carbocycles. The lowest BCUT2D eigenvalue weighted by Gasteiger charge is -2.23. The van der Waals surface area contributed by atoms with Crippen LogP contribution in [-0.4, -0.2) is 42.5 Å². The number of carbonyl (C=O) groups excluding carboxylic acids is 1. The lowest BCUT2D eigenvalue weighted by Crippen LogP contribution is -2.42. The highest BCUT2D eigenvalue weighted by molar-refractivity contribution is 6.30. The molecule has 154 valence electrons. The van der Waals surface area contributed by atoms with Crippen LogP contribution in [0.4, 0.5) is 0 Å². The zero-order chi connectivity index (χ0) is 20.6. The lowest BCUT2D eigenvalue weighted by atomic mass is 10.1. The summed E-state index contributed by atoms with van der Waals surface area (Å²) in [5.41, 5.74) is 3.66. The van der Waals surface area contributed by atoms with Crippen LogP contribution in [0.1, 0.15) is 31.4 Å². The molecule has 3 rings (SSSR count). The van der Waals surface area contributed by atoms with E-state index in [1.54, 1.807) is 0 Å². The second kappa shape index (κ2) is 10.6. The van der Waals surface area contributed by atoms with Gasteiger partial charge in [0.15, 0.2) is 0 Å². The Labute approximate surface area is 178 Å². The Morgan fingerprint density at radius 3 is 2.59 bits per heavy atom. The fourth-order valence-corrected chi connectivity index (χ4v) is 3.93. The van der Waals surface area contributed by atoms with Crippen molar-refractivity contribution in [2.75, 3.05) is 19.6 Å². The molecule has 0 unspecified atom stereocenters. The minimum Gasteiger partial charge on any atom is -0.355 e. The number of nitrogens with one attached hydrogen (secondary N) is 2. The molecule has 1 heterocycles. The zero-order valence-corrected chi connectivity index (χ0v) is 18.0. The SMILES string of the molecule is CCNC(=O)[C@@H]1C[C@H](NC/C(C)=C/c2ccccc2)CN1Cc1ccc(Cl)cc1. The van der Waals surface area contributed by atoms with E-state index in [0.717, 1.165) is 31.1 Å². The molecule has 0 aromatic heterocycles. The molecule has 0 radical (unpaired) electrons. The van der Waals surface area contributed by atoms with Crippen molar-refractivity contribution in [2.45, 2.75) is 38.9 Å². The molecule has 5 heteroatoms. The number of hydrogen-bond acceptors (Lipinski definition) is 3. The molecule has 0 spiro atoms.